The van der Waals surface area contributed by atoms with Crippen molar-refractivity contribution in [1.82, 2.24) is 9.88 Å². The molecular weight excluding hydrogens is 339 g/mol. The fraction of sp³-hybridized carbons (Fsp3) is 0.562. The number of ether oxygens (including phenoxy) is 1. The first-order valence-electron chi connectivity index (χ1n) is 8.02. The Balaban J connectivity index is 1.92. The molecule has 3 rings (SSSR count). The number of carbonyl (C=O) groups is 2. The van der Waals surface area contributed by atoms with Crippen molar-refractivity contribution in [2.45, 2.75) is 32.0 Å². The minimum Gasteiger partial charge on any atom is -0.378 e. The predicted octanol–water partition coefficient (Wildman–Crippen LogP) is 1.76. The van der Waals surface area contributed by atoms with Gasteiger partial charge in [-0.2, -0.15) is 13.2 Å². The first kappa shape index (κ1) is 17.7. The number of anilines is 1. The van der Waals surface area contributed by atoms with E-state index < -0.39 is 23.7 Å². The highest BCUT2D eigenvalue weighted by Crippen LogP contribution is 2.34. The van der Waals surface area contributed by atoms with Crippen molar-refractivity contribution >= 4 is 17.6 Å². The molecule has 2 aliphatic rings. The summed E-state index contributed by atoms with van der Waals surface area (Å²) in [6.45, 7) is 3.07. The van der Waals surface area contributed by atoms with Gasteiger partial charge >= 0.3 is 6.18 Å². The number of nitrogens with zero attached hydrogens (tertiary/aromatic N) is 3. The van der Waals surface area contributed by atoms with Crippen molar-refractivity contribution in [2.24, 2.45) is 0 Å². The van der Waals surface area contributed by atoms with E-state index in [1.54, 1.807) is 4.90 Å². The summed E-state index contributed by atoms with van der Waals surface area (Å²) < 4.78 is 44.4. The molecule has 0 N–H and O–H groups in total. The van der Waals surface area contributed by atoms with Crippen LogP contribution in [0, 0.1) is 6.92 Å². The van der Waals surface area contributed by atoms with Gasteiger partial charge in [0, 0.05) is 25.2 Å². The van der Waals surface area contributed by atoms with E-state index in [1.165, 1.54) is 6.92 Å². The van der Waals surface area contributed by atoms with E-state index >= 15 is 0 Å². The SMILES string of the molecule is Cc1cc(C(F)(F)F)cc(N2C(=O)CCC2C(=O)N2CCOCC2)n1. The van der Waals surface area contributed by atoms with Gasteiger partial charge in [-0.3, -0.25) is 14.5 Å². The van der Waals surface area contributed by atoms with Crippen molar-refractivity contribution in [2.75, 3.05) is 31.2 Å². The number of aryl methyl sites for hydroxylation is 1. The van der Waals surface area contributed by atoms with Gasteiger partial charge in [0.05, 0.1) is 18.8 Å². The van der Waals surface area contributed by atoms with Gasteiger partial charge in [-0.15, -0.1) is 0 Å². The van der Waals surface area contributed by atoms with Gasteiger partial charge in [-0.05, 0) is 25.5 Å². The zero-order valence-corrected chi connectivity index (χ0v) is 13.7. The van der Waals surface area contributed by atoms with E-state index in [0.717, 1.165) is 17.0 Å². The lowest BCUT2D eigenvalue weighted by Gasteiger charge is -2.32. The van der Waals surface area contributed by atoms with E-state index in [2.05, 4.69) is 4.98 Å². The predicted molar refractivity (Wildman–Crippen MR) is 81.9 cm³/mol. The Morgan fingerprint density at radius 1 is 1.28 bits per heavy atom. The first-order chi connectivity index (χ1) is 11.8. The molecule has 0 radical (unpaired) electrons. The molecule has 0 saturated carbocycles. The lowest BCUT2D eigenvalue weighted by molar-refractivity contribution is -0.137. The van der Waals surface area contributed by atoms with Crippen LogP contribution in [0.4, 0.5) is 19.0 Å². The molecule has 1 aromatic rings. The molecule has 2 fully saturated rings. The molecule has 136 valence electrons. The molecule has 9 heteroatoms. The minimum atomic E-state index is -4.55. The summed E-state index contributed by atoms with van der Waals surface area (Å²) in [5.74, 6) is -0.787. The molecular formula is C16H18F3N3O3. The van der Waals surface area contributed by atoms with Crippen molar-refractivity contribution in [3.63, 3.8) is 0 Å². The normalized spacial score (nSPS) is 21.8. The lowest BCUT2D eigenvalue weighted by Crippen LogP contribution is -2.50. The smallest absolute Gasteiger partial charge is 0.378 e. The third-order valence-electron chi connectivity index (χ3n) is 4.33. The summed E-state index contributed by atoms with van der Waals surface area (Å²) in [4.78, 5) is 31.7. The van der Waals surface area contributed by atoms with Gasteiger partial charge in [0.2, 0.25) is 11.8 Å². The van der Waals surface area contributed by atoms with Gasteiger partial charge in [0.1, 0.15) is 11.9 Å². The maximum absolute atomic E-state index is 13.1. The number of carbonyl (C=O) groups excluding carboxylic acids is 2. The molecule has 0 spiro atoms. The Bertz CT molecular complexity index is 687. The minimum absolute atomic E-state index is 0.109. The monoisotopic (exact) mass is 357 g/mol. The number of aromatic nitrogens is 1. The number of alkyl halides is 3. The Morgan fingerprint density at radius 2 is 1.96 bits per heavy atom. The summed E-state index contributed by atoms with van der Waals surface area (Å²) in [5, 5.41) is 0. The Hall–Kier alpha value is -2.16. The summed E-state index contributed by atoms with van der Waals surface area (Å²) in [6, 6.07) is 0.930. The number of hydrogen-bond acceptors (Lipinski definition) is 4. The van der Waals surface area contributed by atoms with Crippen LogP contribution in [0.25, 0.3) is 0 Å². The molecule has 3 heterocycles. The van der Waals surface area contributed by atoms with Crippen molar-refractivity contribution in [1.29, 1.82) is 0 Å². The highest BCUT2D eigenvalue weighted by atomic mass is 19.4. The molecule has 1 atom stereocenters. The quantitative estimate of drug-likeness (QED) is 0.809. The maximum atomic E-state index is 13.1. The van der Waals surface area contributed by atoms with E-state index in [9.17, 15) is 22.8 Å². The van der Waals surface area contributed by atoms with Crippen LogP contribution < -0.4 is 4.90 Å². The fourth-order valence-corrected chi connectivity index (χ4v) is 3.14. The van der Waals surface area contributed by atoms with Crippen molar-refractivity contribution in [3.8, 4) is 0 Å². The number of amides is 2. The van der Waals surface area contributed by atoms with Gasteiger partial charge in [-0.25, -0.2) is 4.98 Å². The van der Waals surface area contributed by atoms with Gasteiger partial charge in [-0.1, -0.05) is 0 Å². The van der Waals surface area contributed by atoms with Crippen LogP contribution in [0.5, 0.6) is 0 Å². The second kappa shape index (κ2) is 6.62. The van der Waals surface area contributed by atoms with E-state index in [4.69, 9.17) is 4.74 Å². The Labute approximate surface area is 142 Å². The highest BCUT2D eigenvalue weighted by molar-refractivity contribution is 6.03. The highest BCUT2D eigenvalue weighted by Gasteiger charge is 2.41. The second-order valence-electron chi connectivity index (χ2n) is 6.11. The van der Waals surface area contributed by atoms with Crippen LogP contribution in [0.1, 0.15) is 24.1 Å². The molecule has 6 nitrogen and oxygen atoms in total. The number of pyridine rings is 1. The molecule has 0 aliphatic carbocycles. The molecule has 25 heavy (non-hydrogen) atoms. The second-order valence-corrected chi connectivity index (χ2v) is 6.11. The van der Waals surface area contributed by atoms with Crippen LogP contribution in [0.15, 0.2) is 12.1 Å². The number of hydrogen-bond donors (Lipinski definition) is 0. The first-order valence-corrected chi connectivity index (χ1v) is 8.02. The molecule has 2 saturated heterocycles. The third kappa shape index (κ3) is 3.60. The molecule has 2 amide bonds. The Kier molecular flexibility index (Phi) is 4.68. The van der Waals surface area contributed by atoms with Crippen LogP contribution in [0.3, 0.4) is 0 Å². The van der Waals surface area contributed by atoms with Crippen LogP contribution in [0.2, 0.25) is 0 Å². The average Bonchev–Trinajstić information content (AvgIpc) is 2.95. The lowest BCUT2D eigenvalue weighted by atomic mass is 10.1. The average molecular weight is 357 g/mol. The topological polar surface area (TPSA) is 62.7 Å². The zero-order valence-electron chi connectivity index (χ0n) is 13.7. The molecule has 0 aromatic carbocycles. The van der Waals surface area contributed by atoms with E-state index in [1.807, 2.05) is 0 Å². The molecule has 1 unspecified atom stereocenters. The fourth-order valence-electron chi connectivity index (χ4n) is 3.14. The van der Waals surface area contributed by atoms with Crippen molar-refractivity contribution in [3.05, 3.63) is 23.4 Å². The van der Waals surface area contributed by atoms with Gasteiger partial charge < -0.3 is 9.64 Å². The summed E-state index contributed by atoms with van der Waals surface area (Å²) >= 11 is 0. The molecule has 0 bridgehead atoms. The summed E-state index contributed by atoms with van der Waals surface area (Å²) in [5.41, 5.74) is -0.741. The third-order valence-corrected chi connectivity index (χ3v) is 4.33. The number of rotatable bonds is 2. The van der Waals surface area contributed by atoms with E-state index in [-0.39, 0.29) is 30.3 Å². The van der Waals surface area contributed by atoms with Crippen LogP contribution >= 0.6 is 0 Å². The summed E-state index contributed by atoms with van der Waals surface area (Å²) in [7, 11) is 0. The largest absolute Gasteiger partial charge is 0.416 e. The van der Waals surface area contributed by atoms with Gasteiger partial charge in [0.25, 0.3) is 0 Å². The summed E-state index contributed by atoms with van der Waals surface area (Å²) in [6.07, 6.45) is -4.17. The maximum Gasteiger partial charge on any atom is 0.416 e. The van der Waals surface area contributed by atoms with Gasteiger partial charge in [0.15, 0.2) is 0 Å². The van der Waals surface area contributed by atoms with E-state index in [0.29, 0.717) is 26.3 Å². The van der Waals surface area contributed by atoms with Crippen molar-refractivity contribution < 1.29 is 27.5 Å². The zero-order chi connectivity index (χ0) is 18.2. The molecule has 1 aromatic heterocycles. The molecule has 2 aliphatic heterocycles. The van der Waals surface area contributed by atoms with Crippen LogP contribution in [-0.4, -0.2) is 54.0 Å². The number of morpholine rings is 1. The number of halogens is 3. The van der Waals surface area contributed by atoms with Crippen LogP contribution in [-0.2, 0) is 20.5 Å². The Morgan fingerprint density at radius 3 is 2.60 bits per heavy atom. The standard InChI is InChI=1S/C16H18F3N3O3/c1-10-8-11(16(17,18)19)9-13(20-10)22-12(2-3-14(22)23)15(24)21-4-6-25-7-5-21/h8-9,12H,2-7H2,1H3.